The van der Waals surface area contributed by atoms with E-state index in [0.29, 0.717) is 11.3 Å². The molecule has 2 atom stereocenters. The molecule has 0 fully saturated rings. The number of anilines is 1. The third-order valence-corrected chi connectivity index (χ3v) is 4.95. The molecule has 3 rings (SSSR count). The first-order valence-corrected chi connectivity index (χ1v) is 9.14. The number of amides is 2. The van der Waals surface area contributed by atoms with Crippen molar-refractivity contribution in [1.82, 2.24) is 4.90 Å². The predicted molar refractivity (Wildman–Crippen MR) is 105 cm³/mol. The van der Waals surface area contributed by atoms with Crippen molar-refractivity contribution in [3.8, 4) is 0 Å². The van der Waals surface area contributed by atoms with Crippen molar-refractivity contribution in [2.24, 2.45) is 16.6 Å². The fourth-order valence-corrected chi connectivity index (χ4v) is 3.57. The second-order valence-corrected chi connectivity index (χ2v) is 6.85. The molecule has 0 saturated carbocycles. The number of halogens is 2. The van der Waals surface area contributed by atoms with E-state index in [1.807, 2.05) is 0 Å². The topological polar surface area (TPSA) is 106 Å². The molecule has 3 N–H and O–H groups in total. The van der Waals surface area contributed by atoms with Gasteiger partial charge >= 0.3 is 6.61 Å². The molecule has 1 aromatic rings. The SMILES string of the molecule is COCC(=O)Nc1cccc([C@@]2(C3C=CC(OC(F)F)=CC3)N=C(N)N(C)C2=O)c1. The highest BCUT2D eigenvalue weighted by atomic mass is 19.3. The van der Waals surface area contributed by atoms with Crippen molar-refractivity contribution in [3.63, 3.8) is 0 Å². The zero-order valence-electron chi connectivity index (χ0n) is 16.5. The number of nitrogens with two attached hydrogens (primary N) is 1. The molecule has 2 amide bonds. The molecule has 1 heterocycles. The summed E-state index contributed by atoms with van der Waals surface area (Å²) in [5.74, 6) is -1.14. The summed E-state index contributed by atoms with van der Waals surface area (Å²) in [5, 5.41) is 2.69. The molecule has 0 aromatic heterocycles. The zero-order chi connectivity index (χ0) is 21.9. The van der Waals surface area contributed by atoms with E-state index in [-0.39, 0.29) is 36.6 Å². The Morgan fingerprint density at radius 1 is 1.47 bits per heavy atom. The van der Waals surface area contributed by atoms with Crippen LogP contribution >= 0.6 is 0 Å². The number of methoxy groups -OCH3 is 1. The van der Waals surface area contributed by atoms with Crippen LogP contribution in [-0.2, 0) is 24.6 Å². The molecule has 10 heteroatoms. The molecule has 30 heavy (non-hydrogen) atoms. The number of alkyl halides is 2. The van der Waals surface area contributed by atoms with Crippen molar-refractivity contribution in [2.45, 2.75) is 18.6 Å². The van der Waals surface area contributed by atoms with E-state index in [1.54, 1.807) is 30.3 Å². The van der Waals surface area contributed by atoms with E-state index in [2.05, 4.69) is 15.0 Å². The molecule has 1 unspecified atom stereocenters. The van der Waals surface area contributed by atoms with Crippen LogP contribution < -0.4 is 11.1 Å². The maximum Gasteiger partial charge on any atom is 0.387 e. The number of aliphatic imine (C=N–C) groups is 1. The zero-order valence-corrected chi connectivity index (χ0v) is 16.5. The monoisotopic (exact) mass is 420 g/mol. The number of nitrogens with zero attached hydrogens (tertiary/aromatic N) is 2. The summed E-state index contributed by atoms with van der Waals surface area (Å²) in [7, 11) is 2.92. The van der Waals surface area contributed by atoms with E-state index >= 15 is 0 Å². The Hall–Kier alpha value is -3.27. The number of likely N-dealkylation sites (N-methyl/N-ethyl adjacent to an activating group) is 1. The number of nitrogens with one attached hydrogen (secondary N) is 1. The number of allylic oxidation sites excluding steroid dienone is 2. The van der Waals surface area contributed by atoms with Crippen molar-refractivity contribution >= 4 is 23.5 Å². The Bertz CT molecular complexity index is 931. The fourth-order valence-electron chi connectivity index (χ4n) is 3.57. The van der Waals surface area contributed by atoms with Crippen LogP contribution in [0.2, 0.25) is 0 Å². The Kier molecular flexibility index (Phi) is 6.16. The van der Waals surface area contributed by atoms with Crippen LogP contribution in [0.1, 0.15) is 12.0 Å². The van der Waals surface area contributed by atoms with Crippen LogP contribution in [0.25, 0.3) is 0 Å². The summed E-state index contributed by atoms with van der Waals surface area (Å²) >= 11 is 0. The van der Waals surface area contributed by atoms with Crippen LogP contribution in [0.15, 0.2) is 53.2 Å². The van der Waals surface area contributed by atoms with Gasteiger partial charge in [-0.15, -0.1) is 0 Å². The van der Waals surface area contributed by atoms with E-state index in [4.69, 9.17) is 10.5 Å². The molecule has 2 aliphatic rings. The average molecular weight is 420 g/mol. The second kappa shape index (κ2) is 8.62. The van der Waals surface area contributed by atoms with Gasteiger partial charge in [0, 0.05) is 25.8 Å². The summed E-state index contributed by atoms with van der Waals surface area (Å²) in [6.45, 7) is -3.06. The minimum Gasteiger partial charge on any atom is -0.435 e. The number of ether oxygens (including phenoxy) is 2. The predicted octanol–water partition coefficient (Wildman–Crippen LogP) is 1.95. The first kappa shape index (κ1) is 21.4. The second-order valence-electron chi connectivity index (χ2n) is 6.85. The van der Waals surface area contributed by atoms with Gasteiger partial charge in [-0.1, -0.05) is 18.2 Å². The summed E-state index contributed by atoms with van der Waals surface area (Å²) in [6.07, 6.45) is 4.72. The normalized spacial score (nSPS) is 23.4. The number of carbonyl (C=O) groups is 2. The lowest BCUT2D eigenvalue weighted by Gasteiger charge is -2.33. The summed E-state index contributed by atoms with van der Waals surface area (Å²) in [4.78, 5) is 30.8. The average Bonchev–Trinajstić information content (AvgIpc) is 2.93. The Morgan fingerprint density at radius 3 is 2.80 bits per heavy atom. The summed E-state index contributed by atoms with van der Waals surface area (Å²) in [5.41, 5.74) is 5.52. The van der Waals surface area contributed by atoms with Crippen molar-refractivity contribution in [2.75, 3.05) is 26.1 Å². The molecule has 160 valence electrons. The Labute approximate surface area is 172 Å². The summed E-state index contributed by atoms with van der Waals surface area (Å²) in [6, 6.07) is 6.71. The van der Waals surface area contributed by atoms with Crippen LogP contribution in [0.5, 0.6) is 0 Å². The minimum absolute atomic E-state index is 0.0210. The van der Waals surface area contributed by atoms with Crippen molar-refractivity contribution in [3.05, 3.63) is 53.8 Å². The highest BCUT2D eigenvalue weighted by Crippen LogP contribution is 2.44. The highest BCUT2D eigenvalue weighted by molar-refractivity contribution is 6.07. The summed E-state index contributed by atoms with van der Waals surface area (Å²) < 4.78 is 34.2. The highest BCUT2D eigenvalue weighted by Gasteiger charge is 2.52. The Morgan fingerprint density at radius 2 is 2.23 bits per heavy atom. The van der Waals surface area contributed by atoms with Crippen LogP contribution in [0.3, 0.4) is 0 Å². The molecule has 1 aliphatic carbocycles. The third kappa shape index (κ3) is 4.04. The maximum absolute atomic E-state index is 13.3. The van der Waals surface area contributed by atoms with Gasteiger partial charge in [0.25, 0.3) is 5.91 Å². The molecule has 8 nitrogen and oxygen atoms in total. The largest absolute Gasteiger partial charge is 0.435 e. The number of carbonyl (C=O) groups excluding carboxylic acids is 2. The standard InChI is InChI=1S/C20H22F2N4O4/c1-26-17(28)20(25-19(26)23,12-6-8-15(9-7-12)30-18(21)22)13-4-3-5-14(10-13)24-16(27)11-29-2/h3-6,8-10,12,18H,7,11H2,1-2H3,(H2,23,25)(H,24,27)/t12?,20-/m1/s1. The first-order chi connectivity index (χ1) is 14.3. The molecule has 0 spiro atoms. The van der Waals surface area contributed by atoms with Crippen molar-refractivity contribution < 1.29 is 27.8 Å². The molecular weight excluding hydrogens is 398 g/mol. The lowest BCUT2D eigenvalue weighted by molar-refractivity contribution is -0.132. The van der Waals surface area contributed by atoms with Gasteiger partial charge in [-0.25, -0.2) is 4.99 Å². The number of hydrogen-bond donors (Lipinski definition) is 2. The van der Waals surface area contributed by atoms with Gasteiger partial charge in [0.05, 0.1) is 0 Å². The van der Waals surface area contributed by atoms with Gasteiger partial charge in [-0.05, 0) is 36.3 Å². The quantitative estimate of drug-likeness (QED) is 0.701. The maximum atomic E-state index is 13.3. The van der Waals surface area contributed by atoms with E-state index < -0.39 is 18.1 Å². The molecule has 0 bridgehead atoms. The van der Waals surface area contributed by atoms with E-state index in [1.165, 1.54) is 31.2 Å². The number of rotatable bonds is 7. The fraction of sp³-hybridized carbons (Fsp3) is 0.350. The van der Waals surface area contributed by atoms with E-state index in [9.17, 15) is 18.4 Å². The minimum atomic E-state index is -2.94. The van der Waals surface area contributed by atoms with Crippen LogP contribution in [0.4, 0.5) is 14.5 Å². The lowest BCUT2D eigenvalue weighted by Crippen LogP contribution is -2.44. The smallest absolute Gasteiger partial charge is 0.387 e. The first-order valence-electron chi connectivity index (χ1n) is 9.14. The number of hydrogen-bond acceptors (Lipinski definition) is 6. The van der Waals surface area contributed by atoms with Gasteiger partial charge in [0.15, 0.2) is 11.5 Å². The van der Waals surface area contributed by atoms with Gasteiger partial charge < -0.3 is 20.5 Å². The van der Waals surface area contributed by atoms with Crippen LogP contribution in [-0.4, -0.2) is 50.0 Å². The molecule has 0 saturated heterocycles. The van der Waals surface area contributed by atoms with E-state index in [0.717, 1.165) is 0 Å². The van der Waals surface area contributed by atoms with Crippen molar-refractivity contribution in [1.29, 1.82) is 0 Å². The Balaban J connectivity index is 1.98. The van der Waals surface area contributed by atoms with Gasteiger partial charge in [-0.2, -0.15) is 8.78 Å². The van der Waals surface area contributed by atoms with Gasteiger partial charge in [0.2, 0.25) is 5.91 Å². The van der Waals surface area contributed by atoms with Gasteiger partial charge in [0.1, 0.15) is 12.4 Å². The lowest BCUT2D eigenvalue weighted by atomic mass is 9.74. The molecule has 1 aromatic carbocycles. The molecule has 0 radical (unpaired) electrons. The van der Waals surface area contributed by atoms with Gasteiger partial charge in [-0.3, -0.25) is 14.5 Å². The molecule has 1 aliphatic heterocycles. The van der Waals surface area contributed by atoms with Crippen LogP contribution in [0, 0.1) is 5.92 Å². The number of guanidine groups is 1. The molecular formula is C20H22F2N4O4. The third-order valence-electron chi connectivity index (χ3n) is 4.95. The number of benzene rings is 1.